The van der Waals surface area contributed by atoms with Gasteiger partial charge in [-0.15, -0.1) is 0 Å². The molecule has 100 valence electrons. The van der Waals surface area contributed by atoms with Crippen molar-refractivity contribution in [1.82, 2.24) is 0 Å². The highest BCUT2D eigenvalue weighted by atomic mass is 16.5. The van der Waals surface area contributed by atoms with E-state index in [1.54, 1.807) is 18.2 Å². The van der Waals surface area contributed by atoms with Crippen LogP contribution in [-0.2, 0) is 9.53 Å². The van der Waals surface area contributed by atoms with Gasteiger partial charge in [0.1, 0.15) is 6.61 Å². The molecule has 2 nitrogen and oxygen atoms in total. The predicted molar refractivity (Wildman–Crippen MR) is 79.1 cm³/mol. The second kappa shape index (κ2) is 13.9. The second-order valence-electron chi connectivity index (χ2n) is 3.67. The Balaban J connectivity index is 3.77. The number of ether oxygens (including phenoxy) is 1. The summed E-state index contributed by atoms with van der Waals surface area (Å²) in [5, 5.41) is 0. The number of carbonyl (C=O) groups excluding carboxylic acids is 1. The van der Waals surface area contributed by atoms with Crippen molar-refractivity contribution in [1.29, 1.82) is 0 Å². The SMILES string of the molecule is CCCC/C=C/C=C/C#CC#C/C=C\COC(C)=O. The zero-order valence-electron chi connectivity index (χ0n) is 11.6. The maximum absolute atomic E-state index is 10.4. The number of rotatable bonds is 6. The fourth-order valence-electron chi connectivity index (χ4n) is 1.03. The highest BCUT2D eigenvalue weighted by Crippen LogP contribution is 1.94. The van der Waals surface area contributed by atoms with Gasteiger partial charge in [0.15, 0.2) is 0 Å². The van der Waals surface area contributed by atoms with Gasteiger partial charge in [-0.3, -0.25) is 4.79 Å². The van der Waals surface area contributed by atoms with E-state index in [1.807, 2.05) is 12.2 Å². The maximum Gasteiger partial charge on any atom is 0.302 e. The molecule has 0 rings (SSSR count). The smallest absolute Gasteiger partial charge is 0.302 e. The first-order valence-electron chi connectivity index (χ1n) is 6.38. The molecule has 0 unspecified atom stereocenters. The summed E-state index contributed by atoms with van der Waals surface area (Å²) in [5.74, 6) is 10.6. The lowest BCUT2D eigenvalue weighted by Gasteiger charge is -1.91. The van der Waals surface area contributed by atoms with Crippen molar-refractivity contribution in [3.63, 3.8) is 0 Å². The Morgan fingerprint density at radius 2 is 1.84 bits per heavy atom. The normalized spacial score (nSPS) is 10.2. The fourth-order valence-corrected chi connectivity index (χ4v) is 1.03. The summed E-state index contributed by atoms with van der Waals surface area (Å²) in [7, 11) is 0. The number of allylic oxidation sites excluding steroid dienone is 5. The molecular formula is C17H20O2. The van der Waals surface area contributed by atoms with E-state index in [2.05, 4.69) is 36.7 Å². The second-order valence-corrected chi connectivity index (χ2v) is 3.67. The lowest BCUT2D eigenvalue weighted by molar-refractivity contribution is -0.139. The molecule has 0 aromatic rings. The molecule has 0 saturated heterocycles. The van der Waals surface area contributed by atoms with E-state index in [-0.39, 0.29) is 12.6 Å². The lowest BCUT2D eigenvalue weighted by atomic mass is 10.2. The topological polar surface area (TPSA) is 26.3 Å². The van der Waals surface area contributed by atoms with Gasteiger partial charge in [-0.2, -0.15) is 0 Å². The minimum Gasteiger partial charge on any atom is -0.462 e. The Bertz CT molecular complexity index is 445. The number of hydrogen-bond donors (Lipinski definition) is 0. The van der Waals surface area contributed by atoms with Crippen molar-refractivity contribution in [2.45, 2.75) is 33.1 Å². The van der Waals surface area contributed by atoms with Crippen molar-refractivity contribution in [3.05, 3.63) is 36.5 Å². The van der Waals surface area contributed by atoms with E-state index < -0.39 is 0 Å². The highest BCUT2D eigenvalue weighted by molar-refractivity contribution is 5.66. The van der Waals surface area contributed by atoms with E-state index in [9.17, 15) is 4.79 Å². The van der Waals surface area contributed by atoms with Crippen LogP contribution in [0.15, 0.2) is 36.5 Å². The van der Waals surface area contributed by atoms with Crippen LogP contribution < -0.4 is 0 Å². The van der Waals surface area contributed by atoms with Crippen molar-refractivity contribution in [2.75, 3.05) is 6.61 Å². The first-order valence-corrected chi connectivity index (χ1v) is 6.38. The molecule has 0 aromatic carbocycles. The van der Waals surface area contributed by atoms with Gasteiger partial charge in [0.05, 0.1) is 0 Å². The molecule has 19 heavy (non-hydrogen) atoms. The van der Waals surface area contributed by atoms with Crippen LogP contribution in [0.3, 0.4) is 0 Å². The van der Waals surface area contributed by atoms with Gasteiger partial charge in [0.2, 0.25) is 0 Å². The molecule has 0 aliphatic heterocycles. The molecule has 0 amide bonds. The largest absolute Gasteiger partial charge is 0.462 e. The van der Waals surface area contributed by atoms with Crippen LogP contribution in [0.2, 0.25) is 0 Å². The third-order valence-electron chi connectivity index (χ3n) is 1.94. The Morgan fingerprint density at radius 1 is 1.11 bits per heavy atom. The average Bonchev–Trinajstić information content (AvgIpc) is 2.39. The standard InChI is InChI=1S/C17H20O2/c1-3-4-5-6-7-8-9-10-11-12-13-14-15-16-19-17(2)18/h6-9,14-15H,3-5,16H2,1-2H3/b7-6+,9-8+,15-14-. The summed E-state index contributed by atoms with van der Waals surface area (Å²) in [6.45, 7) is 3.79. The number of hydrogen-bond acceptors (Lipinski definition) is 2. The molecule has 0 atom stereocenters. The number of esters is 1. The monoisotopic (exact) mass is 256 g/mol. The maximum atomic E-state index is 10.4. The molecule has 0 N–H and O–H groups in total. The zero-order chi connectivity index (χ0) is 14.2. The molecule has 0 heterocycles. The van der Waals surface area contributed by atoms with Gasteiger partial charge in [-0.05, 0) is 36.5 Å². The van der Waals surface area contributed by atoms with Crippen molar-refractivity contribution >= 4 is 5.97 Å². The molecule has 0 aromatic heterocycles. The van der Waals surface area contributed by atoms with Crippen LogP contribution in [0.25, 0.3) is 0 Å². The van der Waals surface area contributed by atoms with Gasteiger partial charge < -0.3 is 4.74 Å². The first-order chi connectivity index (χ1) is 9.27. The molecule has 2 heteroatoms. The van der Waals surface area contributed by atoms with Crippen molar-refractivity contribution in [3.8, 4) is 23.7 Å². The average molecular weight is 256 g/mol. The summed E-state index contributed by atoms with van der Waals surface area (Å²) < 4.78 is 4.69. The zero-order valence-corrected chi connectivity index (χ0v) is 11.6. The highest BCUT2D eigenvalue weighted by Gasteiger charge is 1.84. The number of unbranched alkanes of at least 4 members (excludes halogenated alkanes) is 2. The summed E-state index contributed by atoms with van der Waals surface area (Å²) in [5.41, 5.74) is 0. The Kier molecular flexibility index (Phi) is 12.3. The summed E-state index contributed by atoms with van der Waals surface area (Å²) in [6, 6.07) is 0. The van der Waals surface area contributed by atoms with Crippen LogP contribution in [0, 0.1) is 23.7 Å². The first kappa shape index (κ1) is 16.8. The summed E-state index contributed by atoms with van der Waals surface area (Å²) in [6.07, 6.45) is 14.6. The fraction of sp³-hybridized carbons (Fsp3) is 0.353. The Morgan fingerprint density at radius 3 is 2.53 bits per heavy atom. The van der Waals surface area contributed by atoms with E-state index in [4.69, 9.17) is 4.74 Å². The molecular weight excluding hydrogens is 236 g/mol. The third kappa shape index (κ3) is 15.8. The van der Waals surface area contributed by atoms with Gasteiger partial charge in [-0.1, -0.05) is 49.8 Å². The van der Waals surface area contributed by atoms with Crippen LogP contribution in [0.5, 0.6) is 0 Å². The molecule has 0 bridgehead atoms. The molecule has 0 saturated carbocycles. The lowest BCUT2D eigenvalue weighted by Crippen LogP contribution is -1.96. The molecule has 0 fully saturated rings. The van der Waals surface area contributed by atoms with Crippen molar-refractivity contribution < 1.29 is 9.53 Å². The Hall–Kier alpha value is -2.19. The van der Waals surface area contributed by atoms with Crippen LogP contribution in [0.1, 0.15) is 33.1 Å². The van der Waals surface area contributed by atoms with Crippen LogP contribution in [0.4, 0.5) is 0 Å². The molecule has 0 radical (unpaired) electrons. The molecule has 0 aliphatic carbocycles. The van der Waals surface area contributed by atoms with Gasteiger partial charge >= 0.3 is 5.97 Å². The van der Waals surface area contributed by atoms with E-state index >= 15 is 0 Å². The van der Waals surface area contributed by atoms with E-state index in [1.165, 1.54) is 19.8 Å². The summed E-state index contributed by atoms with van der Waals surface area (Å²) >= 11 is 0. The Labute approximate surface area is 116 Å². The minimum atomic E-state index is -0.297. The molecule has 0 aliphatic rings. The van der Waals surface area contributed by atoms with E-state index in [0.717, 1.165) is 6.42 Å². The summed E-state index contributed by atoms with van der Waals surface area (Å²) in [4.78, 5) is 10.4. The van der Waals surface area contributed by atoms with Gasteiger partial charge in [0, 0.05) is 6.92 Å². The predicted octanol–water partition coefficient (Wildman–Crippen LogP) is 3.42. The van der Waals surface area contributed by atoms with Crippen molar-refractivity contribution in [2.24, 2.45) is 0 Å². The minimum absolute atomic E-state index is 0.250. The van der Waals surface area contributed by atoms with Gasteiger partial charge in [0.25, 0.3) is 0 Å². The van der Waals surface area contributed by atoms with Crippen LogP contribution >= 0.6 is 0 Å². The quantitative estimate of drug-likeness (QED) is 0.315. The van der Waals surface area contributed by atoms with Gasteiger partial charge in [-0.25, -0.2) is 0 Å². The van der Waals surface area contributed by atoms with E-state index in [0.29, 0.717) is 0 Å². The molecule has 0 spiro atoms. The van der Waals surface area contributed by atoms with Crippen LogP contribution in [-0.4, -0.2) is 12.6 Å². The number of carbonyl (C=O) groups is 1. The third-order valence-corrected chi connectivity index (χ3v) is 1.94.